The Hall–Kier alpha value is -1.50. The van der Waals surface area contributed by atoms with Crippen LogP contribution in [0.5, 0.6) is 0 Å². The fraction of sp³-hybridized carbons (Fsp3) is 0.154. The number of nitrogens with zero attached hydrogens (tertiary/aromatic N) is 1. The maximum atomic E-state index is 8.98. The molecule has 0 unspecified atom stereocenters. The molecule has 0 aliphatic heterocycles. The Balaban J connectivity index is 2.13. The summed E-state index contributed by atoms with van der Waals surface area (Å²) in [5.41, 5.74) is 1.40. The molecule has 0 radical (unpaired) electrons. The second-order valence-electron chi connectivity index (χ2n) is 3.67. The number of thiophene rings is 1. The van der Waals surface area contributed by atoms with Crippen LogP contribution in [-0.4, -0.2) is 0 Å². The molecule has 2 aromatic rings. The molecular weight excluding hydrogens is 252 g/mol. The average molecular weight is 263 g/mol. The Morgan fingerprint density at radius 1 is 1.35 bits per heavy atom. The number of nitrogens with one attached hydrogen (secondary N) is 1. The minimum absolute atomic E-state index is 0.614. The summed E-state index contributed by atoms with van der Waals surface area (Å²) in [5.74, 6) is 0. The number of rotatable bonds is 3. The van der Waals surface area contributed by atoms with Gasteiger partial charge >= 0.3 is 0 Å². The molecule has 0 saturated heterocycles. The van der Waals surface area contributed by atoms with Gasteiger partial charge in [-0.15, -0.1) is 11.3 Å². The van der Waals surface area contributed by atoms with Crippen molar-refractivity contribution >= 4 is 28.6 Å². The summed E-state index contributed by atoms with van der Waals surface area (Å²) >= 11 is 7.66. The Morgan fingerprint density at radius 3 is 2.82 bits per heavy atom. The number of benzene rings is 1. The highest BCUT2D eigenvalue weighted by Gasteiger charge is 2.03. The van der Waals surface area contributed by atoms with E-state index in [1.165, 1.54) is 9.75 Å². The number of anilines is 1. The largest absolute Gasteiger partial charge is 0.379 e. The first-order chi connectivity index (χ1) is 8.19. The first-order valence-corrected chi connectivity index (χ1v) is 6.37. The van der Waals surface area contributed by atoms with Crippen LogP contribution in [0.15, 0.2) is 30.3 Å². The zero-order valence-electron chi connectivity index (χ0n) is 9.33. The van der Waals surface area contributed by atoms with Crippen LogP contribution in [0.25, 0.3) is 0 Å². The number of halogens is 1. The van der Waals surface area contributed by atoms with Crippen LogP contribution < -0.4 is 5.32 Å². The smallest absolute Gasteiger partial charge is 0.101 e. The monoisotopic (exact) mass is 262 g/mol. The van der Waals surface area contributed by atoms with Crippen LogP contribution in [0.2, 0.25) is 5.02 Å². The lowest BCUT2D eigenvalue weighted by Gasteiger charge is -2.07. The Kier molecular flexibility index (Phi) is 3.68. The normalized spacial score (nSPS) is 9.94. The van der Waals surface area contributed by atoms with Gasteiger partial charge in [-0.05, 0) is 37.3 Å². The van der Waals surface area contributed by atoms with Gasteiger partial charge in [0.05, 0.1) is 11.3 Å². The van der Waals surface area contributed by atoms with Crippen molar-refractivity contribution in [1.29, 1.82) is 5.26 Å². The van der Waals surface area contributed by atoms with E-state index >= 15 is 0 Å². The van der Waals surface area contributed by atoms with Crippen molar-refractivity contribution in [2.75, 3.05) is 5.32 Å². The van der Waals surface area contributed by atoms with Gasteiger partial charge < -0.3 is 5.32 Å². The molecule has 0 fully saturated rings. The molecule has 0 aliphatic rings. The molecule has 0 aliphatic carbocycles. The van der Waals surface area contributed by atoms with E-state index in [4.69, 9.17) is 16.9 Å². The van der Waals surface area contributed by atoms with Crippen LogP contribution in [0, 0.1) is 18.3 Å². The first-order valence-electron chi connectivity index (χ1n) is 5.18. The van der Waals surface area contributed by atoms with Crippen LogP contribution in [0.4, 0.5) is 5.69 Å². The van der Waals surface area contributed by atoms with E-state index in [2.05, 4.69) is 30.4 Å². The molecule has 2 nitrogen and oxygen atoms in total. The fourth-order valence-electron chi connectivity index (χ4n) is 1.52. The van der Waals surface area contributed by atoms with E-state index in [0.29, 0.717) is 17.1 Å². The maximum absolute atomic E-state index is 8.98. The molecule has 86 valence electrons. The van der Waals surface area contributed by atoms with E-state index < -0.39 is 0 Å². The second-order valence-corrected chi connectivity index (χ2v) is 5.48. The lowest BCUT2D eigenvalue weighted by Crippen LogP contribution is -1.99. The van der Waals surface area contributed by atoms with Crippen LogP contribution in [-0.2, 0) is 6.54 Å². The molecule has 0 bridgehead atoms. The third-order valence-corrected chi connectivity index (χ3v) is 3.59. The lowest BCUT2D eigenvalue weighted by atomic mass is 10.2. The van der Waals surface area contributed by atoms with E-state index in [0.717, 1.165) is 5.69 Å². The third-order valence-electron chi connectivity index (χ3n) is 2.35. The molecule has 2 rings (SSSR count). The number of aryl methyl sites for hydroxylation is 1. The topological polar surface area (TPSA) is 35.8 Å². The summed E-state index contributed by atoms with van der Waals surface area (Å²) in [5, 5.41) is 12.9. The molecule has 0 atom stereocenters. The highest BCUT2D eigenvalue weighted by Crippen LogP contribution is 2.22. The van der Waals surface area contributed by atoms with Crippen molar-refractivity contribution in [1.82, 2.24) is 0 Å². The summed E-state index contributed by atoms with van der Waals surface area (Å²) < 4.78 is 0. The quantitative estimate of drug-likeness (QED) is 0.900. The third kappa shape index (κ3) is 3.00. The van der Waals surface area contributed by atoms with Crippen LogP contribution in [0.3, 0.4) is 0 Å². The Labute approximate surface area is 109 Å². The Morgan fingerprint density at radius 2 is 2.18 bits per heavy atom. The van der Waals surface area contributed by atoms with Crippen molar-refractivity contribution in [3.63, 3.8) is 0 Å². The van der Waals surface area contributed by atoms with Crippen molar-refractivity contribution in [3.8, 4) is 6.07 Å². The minimum Gasteiger partial charge on any atom is -0.379 e. The number of hydrogen-bond acceptors (Lipinski definition) is 3. The molecule has 1 heterocycles. The second kappa shape index (κ2) is 5.22. The van der Waals surface area contributed by atoms with Crippen LogP contribution in [0.1, 0.15) is 15.3 Å². The van der Waals surface area contributed by atoms with Gasteiger partial charge in [0.15, 0.2) is 0 Å². The van der Waals surface area contributed by atoms with Gasteiger partial charge in [0.1, 0.15) is 6.07 Å². The summed E-state index contributed by atoms with van der Waals surface area (Å²) in [6, 6.07) is 11.5. The summed E-state index contributed by atoms with van der Waals surface area (Å²) in [7, 11) is 0. The minimum atomic E-state index is 0.614. The van der Waals surface area contributed by atoms with Crippen molar-refractivity contribution < 1.29 is 0 Å². The average Bonchev–Trinajstić information content (AvgIpc) is 2.73. The van der Waals surface area contributed by atoms with Gasteiger partial charge in [0.2, 0.25) is 0 Å². The molecule has 4 heteroatoms. The zero-order chi connectivity index (χ0) is 12.3. The molecule has 1 N–H and O–H groups in total. The van der Waals surface area contributed by atoms with Crippen molar-refractivity contribution in [3.05, 3.63) is 50.7 Å². The van der Waals surface area contributed by atoms with Crippen LogP contribution >= 0.6 is 22.9 Å². The van der Waals surface area contributed by atoms with E-state index in [1.807, 2.05) is 0 Å². The van der Waals surface area contributed by atoms with Gasteiger partial charge in [0, 0.05) is 21.3 Å². The van der Waals surface area contributed by atoms with Gasteiger partial charge in [-0.25, -0.2) is 0 Å². The first kappa shape index (κ1) is 12.0. The highest BCUT2D eigenvalue weighted by molar-refractivity contribution is 7.11. The predicted octanol–water partition coefficient (Wildman–Crippen LogP) is 4.19. The summed E-state index contributed by atoms with van der Waals surface area (Å²) in [6.45, 7) is 2.79. The van der Waals surface area contributed by atoms with E-state index in [1.54, 1.807) is 29.5 Å². The molecular formula is C13H11ClN2S. The predicted molar refractivity (Wildman–Crippen MR) is 72.5 cm³/mol. The SMILES string of the molecule is Cc1ccc(CNc2cc(Cl)ccc2C#N)s1. The standard InChI is InChI=1S/C13H11ClN2S/c1-9-2-5-12(17-9)8-16-13-6-11(14)4-3-10(13)7-15/h2-6,16H,8H2,1H3. The summed E-state index contributed by atoms with van der Waals surface area (Å²) in [4.78, 5) is 2.53. The van der Waals surface area contributed by atoms with Crippen molar-refractivity contribution in [2.24, 2.45) is 0 Å². The zero-order valence-corrected chi connectivity index (χ0v) is 10.9. The van der Waals surface area contributed by atoms with Gasteiger partial charge in [-0.1, -0.05) is 11.6 Å². The highest BCUT2D eigenvalue weighted by atomic mass is 35.5. The molecule has 0 saturated carbocycles. The van der Waals surface area contributed by atoms with Crippen molar-refractivity contribution in [2.45, 2.75) is 13.5 Å². The van der Waals surface area contributed by atoms with E-state index in [9.17, 15) is 0 Å². The fourth-order valence-corrected chi connectivity index (χ4v) is 2.52. The lowest BCUT2D eigenvalue weighted by molar-refractivity contribution is 1.19. The molecule has 1 aromatic carbocycles. The van der Waals surface area contributed by atoms with Gasteiger partial charge in [0.25, 0.3) is 0 Å². The molecule has 1 aromatic heterocycles. The summed E-state index contributed by atoms with van der Waals surface area (Å²) in [6.07, 6.45) is 0. The van der Waals surface area contributed by atoms with Gasteiger partial charge in [-0.3, -0.25) is 0 Å². The number of hydrogen-bond donors (Lipinski definition) is 1. The maximum Gasteiger partial charge on any atom is 0.101 e. The Bertz CT molecular complexity index is 569. The van der Waals surface area contributed by atoms with E-state index in [-0.39, 0.29) is 0 Å². The molecule has 0 amide bonds. The van der Waals surface area contributed by atoms with Gasteiger partial charge in [-0.2, -0.15) is 5.26 Å². The molecule has 17 heavy (non-hydrogen) atoms. The molecule has 0 spiro atoms. The number of nitriles is 1.